The molecule has 2 aliphatic heterocycles. The van der Waals surface area contributed by atoms with Gasteiger partial charge in [-0.05, 0) is 37.3 Å². The van der Waals surface area contributed by atoms with Crippen LogP contribution in [-0.4, -0.2) is 70.9 Å². The molecule has 2 saturated heterocycles. The molecule has 3 N–H and O–H groups in total. The van der Waals surface area contributed by atoms with Gasteiger partial charge in [0.05, 0.1) is 18.2 Å². The van der Waals surface area contributed by atoms with Gasteiger partial charge in [-0.15, -0.1) is 0 Å². The third kappa shape index (κ3) is 7.57. The maximum absolute atomic E-state index is 13.8. The second-order valence-electron chi connectivity index (χ2n) is 9.51. The monoisotopic (exact) mass is 552 g/mol. The van der Waals surface area contributed by atoms with Crippen LogP contribution in [0, 0.1) is 40.1 Å². The van der Waals surface area contributed by atoms with Crippen molar-refractivity contribution in [3.8, 4) is 6.07 Å². The molecule has 10 nitrogen and oxygen atoms in total. The lowest BCUT2D eigenvalue weighted by atomic mass is 10.0. The number of fused-ring (bicyclic) bond motifs is 1. The Bertz CT molecular complexity index is 1170. The summed E-state index contributed by atoms with van der Waals surface area (Å²) >= 11 is 0. The standard InChI is InChI=1S/C21H23F3N4O2.C4H4O4.CH4/c22-15-8-17(24)16(23)6-13(15)5-14(26)7-19(29)28-4-1-12-9-27(10-18(12)28)20(30)21(11-25)2-3-21;5-3-8-2-1-4(6)7;/h6,8,12,14,18H,1-5,7,9-10,26H2;1-3H,(H,6,7);1H4/b;2-1+;/t12-,14+,18+;;/m0../s1. The van der Waals surface area contributed by atoms with E-state index in [1.165, 1.54) is 0 Å². The summed E-state index contributed by atoms with van der Waals surface area (Å²) in [5.74, 6) is -4.64. The van der Waals surface area contributed by atoms with Crippen LogP contribution in [0.1, 0.15) is 38.7 Å². The summed E-state index contributed by atoms with van der Waals surface area (Å²) in [6.45, 7) is 1.65. The van der Waals surface area contributed by atoms with Crippen LogP contribution in [0.3, 0.4) is 0 Å². The summed E-state index contributed by atoms with van der Waals surface area (Å²) in [6.07, 6.45) is 3.30. The normalized spacial score (nSPS) is 21.1. The van der Waals surface area contributed by atoms with Crippen LogP contribution in [0.5, 0.6) is 0 Å². The first-order valence-electron chi connectivity index (χ1n) is 11.9. The topological polar surface area (TPSA) is 154 Å². The summed E-state index contributed by atoms with van der Waals surface area (Å²) in [5, 5.41) is 17.1. The molecular weight excluding hydrogens is 521 g/mol. The van der Waals surface area contributed by atoms with E-state index in [1.54, 1.807) is 9.80 Å². The number of ether oxygens (including phenoxy) is 1. The minimum absolute atomic E-state index is 0. The van der Waals surface area contributed by atoms with Crippen LogP contribution in [0.4, 0.5) is 13.2 Å². The Kier molecular flexibility index (Phi) is 10.6. The molecule has 4 rings (SSSR count). The Balaban J connectivity index is 0.000000519. The van der Waals surface area contributed by atoms with Crippen molar-refractivity contribution in [2.24, 2.45) is 17.1 Å². The molecule has 1 aliphatic carbocycles. The SMILES string of the molecule is C.N#CC1(C(=O)N2C[C@@H]3CCN(C(=O)C[C@H](N)Cc4cc(F)c(F)cc4F)[C@@H]3C2)CC1.O=CO/C=C/C(=O)O. The van der Waals surface area contributed by atoms with Crippen molar-refractivity contribution in [3.05, 3.63) is 47.5 Å². The molecule has 0 unspecified atom stereocenters. The molecule has 0 aromatic heterocycles. The lowest BCUT2D eigenvalue weighted by Crippen LogP contribution is -2.44. The maximum atomic E-state index is 13.8. The maximum Gasteiger partial charge on any atom is 0.331 e. The van der Waals surface area contributed by atoms with Crippen molar-refractivity contribution >= 4 is 24.3 Å². The van der Waals surface area contributed by atoms with E-state index < -0.39 is 34.9 Å². The molecule has 0 spiro atoms. The second kappa shape index (κ2) is 13.2. The van der Waals surface area contributed by atoms with E-state index in [9.17, 15) is 37.6 Å². The Labute approximate surface area is 223 Å². The lowest BCUT2D eigenvalue weighted by Gasteiger charge is -2.27. The summed E-state index contributed by atoms with van der Waals surface area (Å²) in [6, 6.07) is 2.51. The van der Waals surface area contributed by atoms with E-state index in [-0.39, 0.29) is 56.1 Å². The Morgan fingerprint density at radius 1 is 1.21 bits per heavy atom. The van der Waals surface area contributed by atoms with Crippen LogP contribution in [0.15, 0.2) is 24.5 Å². The average Bonchev–Trinajstić information content (AvgIpc) is 3.39. The summed E-state index contributed by atoms with van der Waals surface area (Å²) in [7, 11) is 0. The predicted octanol–water partition coefficient (Wildman–Crippen LogP) is 2.12. The zero-order valence-corrected chi connectivity index (χ0v) is 20.3. The van der Waals surface area contributed by atoms with E-state index in [2.05, 4.69) is 10.8 Å². The number of carbonyl (C=O) groups is 4. The minimum Gasteiger partial charge on any atom is -0.478 e. The van der Waals surface area contributed by atoms with E-state index in [4.69, 9.17) is 10.8 Å². The molecule has 3 aliphatic rings. The fraction of sp³-hybridized carbons (Fsp3) is 0.500. The summed E-state index contributed by atoms with van der Waals surface area (Å²) in [5.41, 5.74) is 5.05. The van der Waals surface area contributed by atoms with Gasteiger partial charge < -0.3 is 25.4 Å². The fourth-order valence-corrected chi connectivity index (χ4v) is 4.78. The van der Waals surface area contributed by atoms with Crippen molar-refractivity contribution < 1.29 is 42.2 Å². The van der Waals surface area contributed by atoms with Gasteiger partial charge in [0.15, 0.2) is 11.6 Å². The molecule has 3 atom stereocenters. The highest BCUT2D eigenvalue weighted by atomic mass is 19.2. The van der Waals surface area contributed by atoms with Crippen molar-refractivity contribution in [1.82, 2.24) is 9.80 Å². The van der Waals surface area contributed by atoms with Crippen LogP contribution in [0.25, 0.3) is 0 Å². The van der Waals surface area contributed by atoms with Gasteiger partial charge >= 0.3 is 5.97 Å². The number of amides is 2. The zero-order chi connectivity index (χ0) is 28.0. The highest BCUT2D eigenvalue weighted by Gasteiger charge is 2.55. The number of rotatable bonds is 8. The van der Waals surface area contributed by atoms with Gasteiger partial charge in [0.25, 0.3) is 6.47 Å². The van der Waals surface area contributed by atoms with E-state index in [0.717, 1.165) is 18.7 Å². The van der Waals surface area contributed by atoms with Gasteiger partial charge in [0.2, 0.25) is 11.8 Å². The highest BCUT2D eigenvalue weighted by molar-refractivity contribution is 5.88. The number of carboxylic acids is 1. The number of nitrogens with zero attached hydrogens (tertiary/aromatic N) is 3. The number of aliphatic carboxylic acids is 1. The first-order chi connectivity index (χ1) is 18.0. The van der Waals surface area contributed by atoms with Gasteiger partial charge in [-0.2, -0.15) is 5.26 Å². The molecule has 13 heteroatoms. The number of benzene rings is 1. The smallest absolute Gasteiger partial charge is 0.331 e. The molecule has 3 fully saturated rings. The number of hydrogen-bond donors (Lipinski definition) is 2. The van der Waals surface area contributed by atoms with E-state index in [1.807, 2.05) is 0 Å². The Morgan fingerprint density at radius 2 is 1.87 bits per heavy atom. The van der Waals surface area contributed by atoms with Crippen LogP contribution < -0.4 is 5.73 Å². The van der Waals surface area contributed by atoms with Crippen molar-refractivity contribution in [1.29, 1.82) is 5.26 Å². The highest BCUT2D eigenvalue weighted by Crippen LogP contribution is 2.47. The molecule has 0 radical (unpaired) electrons. The zero-order valence-electron chi connectivity index (χ0n) is 20.3. The number of nitrogens with two attached hydrogens (primary N) is 1. The van der Waals surface area contributed by atoms with Crippen molar-refractivity contribution in [2.45, 2.75) is 51.6 Å². The van der Waals surface area contributed by atoms with Crippen LogP contribution in [-0.2, 0) is 30.3 Å². The van der Waals surface area contributed by atoms with Gasteiger partial charge in [0, 0.05) is 44.1 Å². The Hall–Kier alpha value is -3.92. The molecule has 39 heavy (non-hydrogen) atoms. The summed E-state index contributed by atoms with van der Waals surface area (Å²) in [4.78, 5) is 47.7. The number of nitriles is 1. The molecule has 2 heterocycles. The number of hydrogen-bond acceptors (Lipinski definition) is 7. The first kappa shape index (κ1) is 31.3. The average molecular weight is 553 g/mol. The third-order valence-electron chi connectivity index (χ3n) is 6.88. The quantitative estimate of drug-likeness (QED) is 0.215. The van der Waals surface area contributed by atoms with E-state index in [0.29, 0.717) is 44.6 Å². The molecule has 0 bridgehead atoms. The molecular formula is C26H31F3N4O6. The molecule has 212 valence electrons. The number of carboxylic acid groups (broad SMARTS) is 1. The molecule has 1 saturated carbocycles. The van der Waals surface area contributed by atoms with Gasteiger partial charge in [0.1, 0.15) is 17.5 Å². The molecule has 1 aromatic rings. The first-order valence-corrected chi connectivity index (χ1v) is 11.9. The fourth-order valence-electron chi connectivity index (χ4n) is 4.78. The van der Waals surface area contributed by atoms with Gasteiger partial charge in [-0.25, -0.2) is 18.0 Å². The largest absolute Gasteiger partial charge is 0.478 e. The number of halogens is 3. The third-order valence-corrected chi connectivity index (χ3v) is 6.88. The van der Waals surface area contributed by atoms with Crippen LogP contribution >= 0.6 is 0 Å². The van der Waals surface area contributed by atoms with Crippen molar-refractivity contribution in [3.63, 3.8) is 0 Å². The number of likely N-dealkylation sites (tertiary alicyclic amines) is 2. The minimum atomic E-state index is -1.27. The second-order valence-corrected chi connectivity index (χ2v) is 9.51. The van der Waals surface area contributed by atoms with Crippen LogP contribution in [0.2, 0.25) is 0 Å². The Morgan fingerprint density at radius 3 is 2.46 bits per heavy atom. The van der Waals surface area contributed by atoms with Gasteiger partial charge in [-0.3, -0.25) is 14.4 Å². The summed E-state index contributed by atoms with van der Waals surface area (Å²) < 4.78 is 44.2. The number of carbonyl (C=O) groups excluding carboxylic acids is 3. The van der Waals surface area contributed by atoms with E-state index >= 15 is 0 Å². The van der Waals surface area contributed by atoms with Gasteiger partial charge in [-0.1, -0.05) is 7.43 Å². The lowest BCUT2D eigenvalue weighted by molar-refractivity contribution is -0.136. The molecule has 2 amide bonds. The van der Waals surface area contributed by atoms with Crippen molar-refractivity contribution in [2.75, 3.05) is 19.6 Å². The predicted molar refractivity (Wildman–Crippen MR) is 131 cm³/mol. The molecule has 1 aromatic carbocycles.